The number of aromatic nitrogens is 2. The molecule has 72 valence electrons. The second-order valence-corrected chi connectivity index (χ2v) is 3.50. The normalized spacial score (nSPS) is 10.1. The molecule has 0 atom stereocenters. The van der Waals surface area contributed by atoms with Crippen molar-refractivity contribution in [2.45, 2.75) is 0 Å². The lowest BCUT2D eigenvalue weighted by Crippen LogP contribution is -1.86. The number of nitrogens with two attached hydrogens (primary N) is 1. The van der Waals surface area contributed by atoms with Crippen molar-refractivity contribution in [3.63, 3.8) is 0 Å². The molecule has 0 fully saturated rings. The van der Waals surface area contributed by atoms with Gasteiger partial charge in [-0.3, -0.25) is 0 Å². The van der Waals surface area contributed by atoms with E-state index >= 15 is 0 Å². The highest BCUT2D eigenvalue weighted by Gasteiger charge is 2.06. The van der Waals surface area contributed by atoms with E-state index in [0.29, 0.717) is 5.00 Å². The van der Waals surface area contributed by atoms with Crippen LogP contribution in [-0.4, -0.2) is 16.7 Å². The maximum absolute atomic E-state index is 5.71. The summed E-state index contributed by atoms with van der Waals surface area (Å²) in [6.07, 6.45) is 0. The first-order chi connectivity index (χ1) is 6.81. The van der Waals surface area contributed by atoms with Gasteiger partial charge in [0, 0.05) is 17.1 Å². The van der Waals surface area contributed by atoms with Gasteiger partial charge in [0.25, 0.3) is 0 Å². The standard InChI is InChI=1S/C9H9N3OS/c1-13-7-4-2-6(3-5-7)8-9(10)14-12-11-8/h2-5H,10H2,1H3. The largest absolute Gasteiger partial charge is 0.497 e. The van der Waals surface area contributed by atoms with Gasteiger partial charge in [0.05, 0.1) is 7.11 Å². The van der Waals surface area contributed by atoms with E-state index in [1.165, 1.54) is 11.5 Å². The monoisotopic (exact) mass is 207 g/mol. The summed E-state index contributed by atoms with van der Waals surface area (Å²) in [5.41, 5.74) is 7.39. The number of benzene rings is 1. The Morgan fingerprint density at radius 3 is 2.50 bits per heavy atom. The zero-order valence-corrected chi connectivity index (χ0v) is 8.41. The number of nitrogens with zero attached hydrogens (tertiary/aromatic N) is 2. The third kappa shape index (κ3) is 1.54. The molecule has 0 radical (unpaired) electrons. The molecule has 4 nitrogen and oxygen atoms in total. The van der Waals surface area contributed by atoms with E-state index in [-0.39, 0.29) is 0 Å². The molecular formula is C9H9N3OS. The number of ether oxygens (including phenoxy) is 1. The Kier molecular flexibility index (Phi) is 2.32. The number of hydrogen-bond donors (Lipinski definition) is 1. The average molecular weight is 207 g/mol. The van der Waals surface area contributed by atoms with E-state index in [4.69, 9.17) is 10.5 Å². The minimum absolute atomic E-state index is 0.634. The Bertz CT molecular complexity index is 424. The molecule has 0 aliphatic carbocycles. The van der Waals surface area contributed by atoms with Crippen molar-refractivity contribution < 1.29 is 4.74 Å². The SMILES string of the molecule is COc1ccc(-c2nnsc2N)cc1. The molecule has 14 heavy (non-hydrogen) atoms. The summed E-state index contributed by atoms with van der Waals surface area (Å²) in [4.78, 5) is 0. The summed E-state index contributed by atoms with van der Waals surface area (Å²) in [5.74, 6) is 0.815. The fourth-order valence-corrected chi connectivity index (χ4v) is 1.60. The molecule has 0 saturated carbocycles. The van der Waals surface area contributed by atoms with Crippen LogP contribution in [0, 0.1) is 0 Å². The topological polar surface area (TPSA) is 61.0 Å². The first-order valence-corrected chi connectivity index (χ1v) is 4.81. The Morgan fingerprint density at radius 2 is 2.00 bits per heavy atom. The van der Waals surface area contributed by atoms with Crippen molar-refractivity contribution in [1.29, 1.82) is 0 Å². The van der Waals surface area contributed by atoms with Crippen molar-refractivity contribution in [1.82, 2.24) is 9.59 Å². The second kappa shape index (κ2) is 3.63. The third-order valence-corrected chi connectivity index (χ3v) is 2.43. The molecule has 1 aromatic carbocycles. The Hall–Kier alpha value is -1.62. The zero-order chi connectivity index (χ0) is 9.97. The van der Waals surface area contributed by atoms with Gasteiger partial charge in [-0.1, -0.05) is 4.49 Å². The lowest BCUT2D eigenvalue weighted by atomic mass is 10.1. The zero-order valence-electron chi connectivity index (χ0n) is 7.60. The predicted molar refractivity (Wildman–Crippen MR) is 56.3 cm³/mol. The molecular weight excluding hydrogens is 198 g/mol. The summed E-state index contributed by atoms with van der Waals surface area (Å²) in [6.45, 7) is 0. The minimum Gasteiger partial charge on any atom is -0.497 e. The van der Waals surface area contributed by atoms with Gasteiger partial charge in [-0.25, -0.2) is 0 Å². The van der Waals surface area contributed by atoms with Gasteiger partial charge in [0.2, 0.25) is 0 Å². The molecule has 1 heterocycles. The number of anilines is 1. The highest BCUT2D eigenvalue weighted by molar-refractivity contribution is 7.10. The Labute approximate surface area is 85.5 Å². The molecule has 0 aliphatic heterocycles. The van der Waals surface area contributed by atoms with E-state index < -0.39 is 0 Å². The minimum atomic E-state index is 0.634. The van der Waals surface area contributed by atoms with Crippen LogP contribution in [0.3, 0.4) is 0 Å². The Balaban J connectivity index is 2.39. The van der Waals surface area contributed by atoms with E-state index in [1.807, 2.05) is 24.3 Å². The van der Waals surface area contributed by atoms with Gasteiger partial charge < -0.3 is 10.5 Å². The van der Waals surface area contributed by atoms with E-state index in [1.54, 1.807) is 7.11 Å². The highest BCUT2D eigenvalue weighted by atomic mass is 32.1. The summed E-state index contributed by atoms with van der Waals surface area (Å²) >= 11 is 1.19. The van der Waals surface area contributed by atoms with Crippen LogP contribution in [0.25, 0.3) is 11.3 Å². The van der Waals surface area contributed by atoms with E-state index in [0.717, 1.165) is 17.0 Å². The van der Waals surface area contributed by atoms with Crippen LogP contribution < -0.4 is 10.5 Å². The van der Waals surface area contributed by atoms with Gasteiger partial charge in [-0.2, -0.15) is 0 Å². The van der Waals surface area contributed by atoms with Gasteiger partial charge in [0.1, 0.15) is 16.4 Å². The molecule has 2 aromatic rings. The molecule has 0 amide bonds. The molecule has 0 bridgehead atoms. The van der Waals surface area contributed by atoms with E-state index in [2.05, 4.69) is 9.59 Å². The third-order valence-electron chi connectivity index (χ3n) is 1.88. The van der Waals surface area contributed by atoms with Crippen molar-refractivity contribution in [3.8, 4) is 17.0 Å². The summed E-state index contributed by atoms with van der Waals surface area (Å²) in [5, 5.41) is 4.58. The van der Waals surface area contributed by atoms with Crippen LogP contribution in [0.2, 0.25) is 0 Å². The molecule has 0 spiro atoms. The first-order valence-electron chi connectivity index (χ1n) is 4.03. The smallest absolute Gasteiger partial charge is 0.135 e. The lowest BCUT2D eigenvalue weighted by molar-refractivity contribution is 0.415. The molecule has 0 unspecified atom stereocenters. The molecule has 2 rings (SSSR count). The summed E-state index contributed by atoms with van der Waals surface area (Å²) in [7, 11) is 1.63. The van der Waals surface area contributed by atoms with Crippen LogP contribution in [0.15, 0.2) is 24.3 Å². The predicted octanol–water partition coefficient (Wildman–Crippen LogP) is 1.80. The summed E-state index contributed by atoms with van der Waals surface area (Å²) in [6, 6.07) is 7.56. The van der Waals surface area contributed by atoms with Gasteiger partial charge in [-0.05, 0) is 24.3 Å². The summed E-state index contributed by atoms with van der Waals surface area (Å²) < 4.78 is 8.83. The highest BCUT2D eigenvalue weighted by Crippen LogP contribution is 2.26. The van der Waals surface area contributed by atoms with Gasteiger partial charge in [0.15, 0.2) is 0 Å². The fraction of sp³-hybridized carbons (Fsp3) is 0.111. The van der Waals surface area contributed by atoms with E-state index in [9.17, 15) is 0 Å². The van der Waals surface area contributed by atoms with Gasteiger partial charge in [-0.15, -0.1) is 5.10 Å². The number of hydrogen-bond acceptors (Lipinski definition) is 5. The van der Waals surface area contributed by atoms with Crippen molar-refractivity contribution >= 4 is 16.5 Å². The molecule has 2 N–H and O–H groups in total. The first kappa shape index (κ1) is 8.96. The quantitative estimate of drug-likeness (QED) is 0.815. The van der Waals surface area contributed by atoms with Crippen LogP contribution >= 0.6 is 11.5 Å². The number of nitrogen functional groups attached to an aromatic ring is 1. The van der Waals surface area contributed by atoms with Crippen molar-refractivity contribution in [2.24, 2.45) is 0 Å². The van der Waals surface area contributed by atoms with Crippen LogP contribution in [0.4, 0.5) is 5.00 Å². The van der Waals surface area contributed by atoms with Crippen LogP contribution in [0.5, 0.6) is 5.75 Å². The fourth-order valence-electron chi connectivity index (χ4n) is 1.15. The molecule has 1 aromatic heterocycles. The average Bonchev–Trinajstić information content (AvgIpc) is 2.65. The lowest BCUT2D eigenvalue weighted by Gasteiger charge is -2.00. The van der Waals surface area contributed by atoms with Crippen LogP contribution in [0.1, 0.15) is 0 Å². The molecule has 0 saturated heterocycles. The molecule has 5 heteroatoms. The number of rotatable bonds is 2. The van der Waals surface area contributed by atoms with Crippen molar-refractivity contribution in [3.05, 3.63) is 24.3 Å². The van der Waals surface area contributed by atoms with Crippen molar-refractivity contribution in [2.75, 3.05) is 12.8 Å². The molecule has 0 aliphatic rings. The maximum Gasteiger partial charge on any atom is 0.135 e. The van der Waals surface area contributed by atoms with Crippen LogP contribution in [-0.2, 0) is 0 Å². The number of methoxy groups -OCH3 is 1. The van der Waals surface area contributed by atoms with Gasteiger partial charge >= 0.3 is 0 Å². The Morgan fingerprint density at radius 1 is 1.29 bits per heavy atom. The second-order valence-electron chi connectivity index (χ2n) is 2.71. The maximum atomic E-state index is 5.71.